The van der Waals surface area contributed by atoms with E-state index in [0.29, 0.717) is 30.9 Å². The van der Waals surface area contributed by atoms with Crippen LogP contribution >= 0.6 is 0 Å². The van der Waals surface area contributed by atoms with Gasteiger partial charge in [-0.3, -0.25) is 4.79 Å². The zero-order chi connectivity index (χ0) is 22.3. The molecular formula is C27H25NO4. The predicted molar refractivity (Wildman–Crippen MR) is 125 cm³/mol. The molecule has 1 amide bonds. The van der Waals surface area contributed by atoms with Crippen LogP contribution in [-0.4, -0.2) is 32.6 Å². The number of methoxy groups -OCH3 is 1. The Labute approximate surface area is 187 Å². The van der Waals surface area contributed by atoms with Crippen molar-refractivity contribution in [3.63, 3.8) is 0 Å². The molecule has 162 valence electrons. The van der Waals surface area contributed by atoms with Gasteiger partial charge in [0.25, 0.3) is 0 Å². The van der Waals surface area contributed by atoms with Crippen molar-refractivity contribution in [3.05, 3.63) is 95.1 Å². The Hall–Kier alpha value is -3.86. The van der Waals surface area contributed by atoms with E-state index in [1.54, 1.807) is 25.3 Å². The highest BCUT2D eigenvalue weighted by Crippen LogP contribution is 2.44. The summed E-state index contributed by atoms with van der Waals surface area (Å²) in [7, 11) is 1.59. The van der Waals surface area contributed by atoms with Crippen LogP contribution in [0.15, 0.2) is 72.8 Å². The SMILES string of the molecule is COc1ccc(C=O)cc1C=CCCNC(=O)OCC1c2ccccc2-c2ccccc21. The molecule has 0 aromatic heterocycles. The summed E-state index contributed by atoms with van der Waals surface area (Å²) in [5.41, 5.74) is 6.19. The molecular weight excluding hydrogens is 402 g/mol. The second kappa shape index (κ2) is 9.96. The Morgan fingerprint density at radius 2 is 1.69 bits per heavy atom. The number of hydrogen-bond donors (Lipinski definition) is 1. The number of hydrogen-bond acceptors (Lipinski definition) is 4. The third kappa shape index (κ3) is 4.57. The standard InChI is InChI=1S/C27H25NO4/c1-31-26-14-13-19(17-29)16-20(26)8-6-7-15-28-27(30)32-18-25-23-11-4-2-9-21(23)22-10-3-5-12-24(22)25/h2-6,8-14,16-17,25H,7,15,18H2,1H3,(H,28,30). The van der Waals surface area contributed by atoms with Gasteiger partial charge in [-0.2, -0.15) is 0 Å². The second-order valence-electron chi connectivity index (χ2n) is 7.56. The van der Waals surface area contributed by atoms with Gasteiger partial charge in [0.05, 0.1) is 7.11 Å². The van der Waals surface area contributed by atoms with Gasteiger partial charge in [-0.15, -0.1) is 0 Å². The van der Waals surface area contributed by atoms with Gasteiger partial charge in [-0.1, -0.05) is 60.7 Å². The number of fused-ring (bicyclic) bond motifs is 3. The Balaban J connectivity index is 1.29. The Bertz CT molecular complexity index is 1110. The van der Waals surface area contributed by atoms with Crippen molar-refractivity contribution in [1.82, 2.24) is 5.32 Å². The smallest absolute Gasteiger partial charge is 0.407 e. The van der Waals surface area contributed by atoms with Gasteiger partial charge in [0.2, 0.25) is 0 Å². The maximum Gasteiger partial charge on any atom is 0.407 e. The highest BCUT2D eigenvalue weighted by molar-refractivity contribution is 5.79. The van der Waals surface area contributed by atoms with E-state index in [1.807, 2.05) is 36.4 Å². The van der Waals surface area contributed by atoms with E-state index in [0.717, 1.165) is 11.8 Å². The third-order valence-electron chi connectivity index (χ3n) is 5.61. The minimum Gasteiger partial charge on any atom is -0.496 e. The van der Waals surface area contributed by atoms with E-state index in [4.69, 9.17) is 9.47 Å². The van der Waals surface area contributed by atoms with Gasteiger partial charge in [-0.05, 0) is 46.9 Å². The molecule has 0 bridgehead atoms. The van der Waals surface area contributed by atoms with E-state index in [-0.39, 0.29) is 5.92 Å². The fourth-order valence-electron chi connectivity index (χ4n) is 4.07. The fourth-order valence-corrected chi connectivity index (χ4v) is 4.07. The molecule has 0 unspecified atom stereocenters. The fraction of sp³-hybridized carbons (Fsp3) is 0.185. The van der Waals surface area contributed by atoms with Crippen molar-refractivity contribution < 1.29 is 19.1 Å². The van der Waals surface area contributed by atoms with E-state index < -0.39 is 6.09 Å². The summed E-state index contributed by atoms with van der Waals surface area (Å²) in [5.74, 6) is 0.738. The highest BCUT2D eigenvalue weighted by Gasteiger charge is 2.28. The first-order valence-electron chi connectivity index (χ1n) is 10.6. The zero-order valence-corrected chi connectivity index (χ0v) is 17.9. The van der Waals surface area contributed by atoms with Crippen molar-refractivity contribution in [2.75, 3.05) is 20.3 Å². The number of ether oxygens (including phenoxy) is 2. The second-order valence-corrected chi connectivity index (χ2v) is 7.56. The molecule has 0 heterocycles. The van der Waals surface area contributed by atoms with Crippen LogP contribution in [0.2, 0.25) is 0 Å². The average molecular weight is 428 g/mol. The summed E-state index contributed by atoms with van der Waals surface area (Å²) in [4.78, 5) is 23.2. The lowest BCUT2D eigenvalue weighted by Crippen LogP contribution is -2.26. The van der Waals surface area contributed by atoms with Gasteiger partial charge in [0.15, 0.2) is 0 Å². The maximum atomic E-state index is 12.2. The number of carbonyl (C=O) groups excluding carboxylic acids is 2. The van der Waals surface area contributed by atoms with E-state index >= 15 is 0 Å². The first kappa shape index (κ1) is 21.4. The minimum absolute atomic E-state index is 0.0469. The van der Waals surface area contributed by atoms with Crippen LogP contribution in [0.1, 0.15) is 39.4 Å². The van der Waals surface area contributed by atoms with Crippen LogP contribution in [0, 0.1) is 0 Å². The summed E-state index contributed by atoms with van der Waals surface area (Å²) < 4.78 is 10.9. The number of benzene rings is 3. The van der Waals surface area contributed by atoms with Crippen molar-refractivity contribution in [1.29, 1.82) is 0 Å². The van der Waals surface area contributed by atoms with Gasteiger partial charge in [0.1, 0.15) is 18.6 Å². The summed E-state index contributed by atoms with van der Waals surface area (Å²) >= 11 is 0. The van der Waals surface area contributed by atoms with E-state index in [1.165, 1.54) is 22.3 Å². The number of alkyl carbamates (subject to hydrolysis) is 1. The van der Waals surface area contributed by atoms with Crippen LogP contribution in [-0.2, 0) is 4.74 Å². The first-order valence-corrected chi connectivity index (χ1v) is 10.6. The molecule has 3 aromatic rings. The van der Waals surface area contributed by atoms with Crippen LogP contribution < -0.4 is 10.1 Å². The lowest BCUT2D eigenvalue weighted by atomic mass is 9.98. The lowest BCUT2D eigenvalue weighted by molar-refractivity contribution is 0.112. The minimum atomic E-state index is -0.430. The molecule has 0 atom stereocenters. The van der Waals surface area contributed by atoms with Crippen molar-refractivity contribution in [2.45, 2.75) is 12.3 Å². The van der Waals surface area contributed by atoms with Gasteiger partial charge < -0.3 is 14.8 Å². The molecule has 0 aliphatic heterocycles. The maximum absolute atomic E-state index is 12.2. The Morgan fingerprint density at radius 3 is 2.34 bits per heavy atom. The van der Waals surface area contributed by atoms with Crippen molar-refractivity contribution >= 4 is 18.5 Å². The largest absolute Gasteiger partial charge is 0.496 e. The van der Waals surface area contributed by atoms with Crippen molar-refractivity contribution in [2.24, 2.45) is 0 Å². The quantitative estimate of drug-likeness (QED) is 0.384. The van der Waals surface area contributed by atoms with Gasteiger partial charge in [-0.25, -0.2) is 4.79 Å². The molecule has 0 saturated carbocycles. The van der Waals surface area contributed by atoms with E-state index in [2.05, 4.69) is 29.6 Å². The molecule has 0 fully saturated rings. The molecule has 4 rings (SSSR count). The molecule has 0 radical (unpaired) electrons. The van der Waals surface area contributed by atoms with Crippen LogP contribution in [0.3, 0.4) is 0 Å². The van der Waals surface area contributed by atoms with Gasteiger partial charge >= 0.3 is 6.09 Å². The normalized spacial score (nSPS) is 12.3. The number of rotatable bonds is 8. The summed E-state index contributed by atoms with van der Waals surface area (Å²) in [6.45, 7) is 0.744. The summed E-state index contributed by atoms with van der Waals surface area (Å²) in [6, 6.07) is 21.8. The highest BCUT2D eigenvalue weighted by atomic mass is 16.5. The molecule has 1 aliphatic carbocycles. The predicted octanol–water partition coefficient (Wildman–Crippen LogP) is 5.45. The monoisotopic (exact) mass is 427 g/mol. The van der Waals surface area contributed by atoms with Crippen LogP contribution in [0.5, 0.6) is 5.75 Å². The first-order chi connectivity index (χ1) is 15.7. The topological polar surface area (TPSA) is 64.6 Å². The molecule has 5 nitrogen and oxygen atoms in total. The molecule has 0 saturated heterocycles. The summed E-state index contributed by atoms with van der Waals surface area (Å²) in [5, 5.41) is 2.79. The Morgan fingerprint density at radius 1 is 1.00 bits per heavy atom. The van der Waals surface area contributed by atoms with Crippen LogP contribution in [0.25, 0.3) is 17.2 Å². The molecule has 0 spiro atoms. The molecule has 5 heteroatoms. The average Bonchev–Trinajstić information content (AvgIpc) is 3.16. The number of aldehydes is 1. The molecule has 1 aliphatic rings. The molecule has 1 N–H and O–H groups in total. The number of carbonyl (C=O) groups is 2. The number of nitrogens with one attached hydrogen (secondary N) is 1. The van der Waals surface area contributed by atoms with E-state index in [9.17, 15) is 9.59 Å². The Kier molecular flexibility index (Phi) is 6.66. The summed E-state index contributed by atoms with van der Waals surface area (Å²) in [6.07, 6.45) is 4.80. The van der Waals surface area contributed by atoms with Crippen molar-refractivity contribution in [3.8, 4) is 16.9 Å². The van der Waals surface area contributed by atoms with Gasteiger partial charge in [0, 0.05) is 23.6 Å². The van der Waals surface area contributed by atoms with Crippen LogP contribution in [0.4, 0.5) is 4.79 Å². The zero-order valence-electron chi connectivity index (χ0n) is 17.9. The molecule has 32 heavy (non-hydrogen) atoms. The lowest BCUT2D eigenvalue weighted by Gasteiger charge is -2.14. The third-order valence-corrected chi connectivity index (χ3v) is 5.61. The molecule has 3 aromatic carbocycles. The number of amides is 1.